The number of aliphatic hydroxyl groups excluding tert-OH is 5. The van der Waals surface area contributed by atoms with Crippen molar-refractivity contribution in [3.63, 3.8) is 0 Å². The molecule has 2 bridgehead atoms. The van der Waals surface area contributed by atoms with Gasteiger partial charge in [-0.3, -0.25) is 9.69 Å². The molecule has 4 aliphatic rings. The van der Waals surface area contributed by atoms with Crippen molar-refractivity contribution in [1.29, 1.82) is 0 Å². The summed E-state index contributed by atoms with van der Waals surface area (Å²) in [5.41, 5.74) is 1.19. The molecule has 61 heavy (non-hydrogen) atoms. The highest BCUT2D eigenvalue weighted by Gasteiger charge is 2.52. The minimum absolute atomic E-state index is 0.0192. The fourth-order valence-corrected chi connectivity index (χ4v) is 10.9. The van der Waals surface area contributed by atoms with Crippen LogP contribution in [0.4, 0.5) is 0 Å². The van der Waals surface area contributed by atoms with Gasteiger partial charge in [-0.15, -0.1) is 0 Å². The van der Waals surface area contributed by atoms with Crippen LogP contribution in [0.3, 0.4) is 0 Å². The molecule has 0 aromatic carbocycles. The third-order valence-corrected chi connectivity index (χ3v) is 15.2. The summed E-state index contributed by atoms with van der Waals surface area (Å²) in [7, 11) is 1.77. The Bertz CT molecular complexity index is 1390. The molecule has 1 aliphatic carbocycles. The Labute approximate surface area is 369 Å². The number of rotatable bonds is 5. The number of Topliss-reactive ketones (excluding diaryl/α,β-unsaturated/α-hetero) is 1. The quantitative estimate of drug-likeness (QED) is 0.161. The van der Waals surface area contributed by atoms with Gasteiger partial charge in [0, 0.05) is 31.9 Å². The maximum Gasteiger partial charge on any atom is 0.174 e. The van der Waals surface area contributed by atoms with Gasteiger partial charge in [0.05, 0.1) is 42.5 Å². The lowest BCUT2D eigenvalue weighted by Gasteiger charge is -2.51. The van der Waals surface area contributed by atoms with Gasteiger partial charge in [-0.1, -0.05) is 96.8 Å². The Hall–Kier alpha value is -1.51. The van der Waals surface area contributed by atoms with E-state index in [4.69, 9.17) is 14.2 Å². The van der Waals surface area contributed by atoms with E-state index in [9.17, 15) is 35.4 Å². The van der Waals surface area contributed by atoms with Crippen LogP contribution in [0.5, 0.6) is 0 Å². The van der Waals surface area contributed by atoms with E-state index in [0.29, 0.717) is 44.6 Å². The number of methoxy groups -OCH3 is 1. The van der Waals surface area contributed by atoms with E-state index in [2.05, 4.69) is 19.9 Å². The summed E-state index contributed by atoms with van der Waals surface area (Å²) >= 11 is 0. The van der Waals surface area contributed by atoms with E-state index in [1.165, 1.54) is 5.57 Å². The van der Waals surface area contributed by atoms with E-state index in [0.717, 1.165) is 70.6 Å². The van der Waals surface area contributed by atoms with Crippen molar-refractivity contribution in [3.8, 4) is 0 Å². The number of piperidine rings is 1. The number of fused-ring (bicyclic) bond motifs is 3. The van der Waals surface area contributed by atoms with Crippen LogP contribution >= 0.6 is 0 Å². The first-order chi connectivity index (χ1) is 29.0. The zero-order valence-electron chi connectivity index (χ0n) is 39.1. The lowest BCUT2D eigenvalue weighted by Crippen LogP contribution is -2.62. The number of ketones is 1. The fraction of sp³-hybridized carbons (Fsp3) is 0.860. The largest absolute Gasteiger partial charge is 0.393 e. The van der Waals surface area contributed by atoms with Gasteiger partial charge in [0.2, 0.25) is 0 Å². The van der Waals surface area contributed by atoms with Gasteiger partial charge < -0.3 is 44.8 Å². The van der Waals surface area contributed by atoms with E-state index in [1.807, 2.05) is 50.0 Å². The predicted molar refractivity (Wildman–Crippen MR) is 240 cm³/mol. The molecule has 6 N–H and O–H groups in total. The Morgan fingerprint density at radius 3 is 2.36 bits per heavy atom. The summed E-state index contributed by atoms with van der Waals surface area (Å²) in [6, 6.07) is -0.531. The van der Waals surface area contributed by atoms with Crippen molar-refractivity contribution in [2.45, 2.75) is 219 Å². The molecule has 6 unspecified atom stereocenters. The zero-order valence-corrected chi connectivity index (χ0v) is 39.1. The topological polar surface area (TPSA) is 169 Å². The number of carbonyl (C=O) groups excluding carboxylic acids is 1. The minimum atomic E-state index is -1.55. The normalized spacial score (nSPS) is 44.3. The molecular weight excluding hydrogens is 775 g/mol. The van der Waals surface area contributed by atoms with Gasteiger partial charge in [0.15, 0.2) is 17.9 Å². The van der Waals surface area contributed by atoms with Crippen molar-refractivity contribution in [1.82, 2.24) is 4.90 Å². The van der Waals surface area contributed by atoms with Crippen LogP contribution in [-0.4, -0.2) is 116 Å². The Balaban J connectivity index is 1.63. The molecule has 3 fully saturated rings. The Kier molecular flexibility index (Phi) is 21.6. The summed E-state index contributed by atoms with van der Waals surface area (Å²) in [6.45, 7) is 14.3. The molecule has 1 saturated carbocycles. The number of carbonyl (C=O) groups is 1. The van der Waals surface area contributed by atoms with E-state index in [1.54, 1.807) is 21.0 Å². The van der Waals surface area contributed by atoms with E-state index < -0.39 is 66.5 Å². The highest BCUT2D eigenvalue weighted by Crippen LogP contribution is 2.43. The molecular formula is C50H87NO10. The van der Waals surface area contributed by atoms with Gasteiger partial charge in [0.1, 0.15) is 12.3 Å². The SMILES string of the molecule is CC[C@H]1[C@H](O)N2CCCCC2C(O)O[C@H](C(C)C[C@@H]2CCC[C@H](OC)C2)CC(O)[C@H](C)C[C@@H](C)[C@@H](O)C(O)C(=O)[C@H](C)CC/C=C/C=C/C=C(\C)CCC2CC[C@@H](C)[C@@]1(O)O2. The maximum absolute atomic E-state index is 13.2. The average Bonchev–Trinajstić information content (AvgIpc) is 3.24. The fourth-order valence-electron chi connectivity index (χ4n) is 10.9. The second-order valence-electron chi connectivity index (χ2n) is 20.0. The number of nitrogens with zero attached hydrogens (tertiary/aromatic N) is 1. The molecule has 4 rings (SSSR count). The third-order valence-electron chi connectivity index (χ3n) is 15.2. The minimum Gasteiger partial charge on any atom is -0.393 e. The van der Waals surface area contributed by atoms with Crippen LogP contribution in [0.15, 0.2) is 36.0 Å². The van der Waals surface area contributed by atoms with Crippen LogP contribution in [0.1, 0.15) is 158 Å². The first kappa shape index (κ1) is 52.1. The lowest BCUT2D eigenvalue weighted by atomic mass is 9.78. The molecule has 0 aromatic heterocycles. The second-order valence-corrected chi connectivity index (χ2v) is 20.0. The number of hydrogen-bond acceptors (Lipinski definition) is 11. The van der Waals surface area contributed by atoms with Gasteiger partial charge in [-0.25, -0.2) is 0 Å². The molecule has 3 heterocycles. The van der Waals surface area contributed by atoms with Crippen molar-refractivity contribution in [3.05, 3.63) is 36.0 Å². The molecule has 0 radical (unpaired) electrons. The summed E-state index contributed by atoms with van der Waals surface area (Å²) in [5, 5.41) is 70.8. The standard InChI is InChI=1S/C50H87NO10/c1-9-41-48(56)51-27-16-15-22-42(51)49(57)60-44(35(5)29-38-20-17-21-40(30-38)59-8)31-43(52)34(4)28-36(6)46(54)47(55)45(53)33(3)19-14-12-10-11-13-18-32(2)23-25-39-26-24-37(7)50(41,58)61-39/h10-13,18,33-44,46-49,52,54-58H,9,14-17,19-31H2,1-8H3/b12-10+,13-11+,32-18+/t33-,34-,35?,36-,37-,38+,39?,40+,41+,42?,43?,44+,46-,47?,48+,49?,50-/m1/s1. The molecule has 0 amide bonds. The maximum atomic E-state index is 13.2. The number of allylic oxidation sites excluding steroid dienone is 6. The number of hydrogen-bond donors (Lipinski definition) is 6. The zero-order chi connectivity index (χ0) is 44.9. The Morgan fingerprint density at radius 2 is 1.64 bits per heavy atom. The van der Waals surface area contributed by atoms with Crippen molar-refractivity contribution < 1.29 is 49.6 Å². The smallest absolute Gasteiger partial charge is 0.174 e. The lowest BCUT2D eigenvalue weighted by molar-refractivity contribution is -0.333. The van der Waals surface area contributed by atoms with Gasteiger partial charge in [-0.2, -0.15) is 0 Å². The van der Waals surface area contributed by atoms with Crippen LogP contribution < -0.4 is 0 Å². The average molecular weight is 862 g/mol. The molecule has 0 aromatic rings. The highest BCUT2D eigenvalue weighted by atomic mass is 16.6. The summed E-state index contributed by atoms with van der Waals surface area (Å²) in [4.78, 5) is 15.1. The molecule has 11 heteroatoms. The first-order valence-corrected chi connectivity index (χ1v) is 24.3. The van der Waals surface area contributed by atoms with E-state index >= 15 is 0 Å². The summed E-state index contributed by atoms with van der Waals surface area (Å²) in [6.07, 6.45) is 16.3. The first-order valence-electron chi connectivity index (χ1n) is 24.3. The molecule has 17 atom stereocenters. The van der Waals surface area contributed by atoms with Gasteiger partial charge in [-0.05, 0) is 114 Å². The van der Waals surface area contributed by atoms with Crippen LogP contribution in [0, 0.1) is 41.4 Å². The third kappa shape index (κ3) is 14.8. The van der Waals surface area contributed by atoms with Crippen molar-refractivity contribution in [2.24, 2.45) is 41.4 Å². The van der Waals surface area contributed by atoms with Gasteiger partial charge >= 0.3 is 0 Å². The molecule has 352 valence electrons. The molecule has 0 spiro atoms. The monoisotopic (exact) mass is 862 g/mol. The molecule has 2 saturated heterocycles. The highest BCUT2D eigenvalue weighted by molar-refractivity contribution is 5.85. The van der Waals surface area contributed by atoms with Crippen molar-refractivity contribution in [2.75, 3.05) is 13.7 Å². The van der Waals surface area contributed by atoms with Gasteiger partial charge in [0.25, 0.3) is 0 Å². The molecule has 3 aliphatic heterocycles. The number of ether oxygens (including phenoxy) is 3. The predicted octanol–water partition coefficient (Wildman–Crippen LogP) is 7.60. The summed E-state index contributed by atoms with van der Waals surface area (Å²) in [5.74, 6) is -3.54. The summed E-state index contributed by atoms with van der Waals surface area (Å²) < 4.78 is 19.1. The van der Waals surface area contributed by atoms with E-state index in [-0.39, 0.29) is 42.2 Å². The number of aliphatic hydroxyl groups is 6. The molecule has 11 nitrogen and oxygen atoms in total. The second kappa shape index (κ2) is 25.3. The Morgan fingerprint density at radius 1 is 0.885 bits per heavy atom. The van der Waals surface area contributed by atoms with Crippen LogP contribution in [0.2, 0.25) is 0 Å². The van der Waals surface area contributed by atoms with Crippen LogP contribution in [-0.2, 0) is 19.0 Å². The van der Waals surface area contributed by atoms with Crippen molar-refractivity contribution >= 4 is 5.78 Å². The van der Waals surface area contributed by atoms with Crippen LogP contribution in [0.25, 0.3) is 0 Å².